The van der Waals surface area contributed by atoms with E-state index in [9.17, 15) is 4.79 Å². The molecule has 1 aromatic rings. The van der Waals surface area contributed by atoms with Crippen molar-refractivity contribution in [3.8, 4) is 5.75 Å². The number of fused-ring (bicyclic) bond motifs is 1. The van der Waals surface area contributed by atoms with Crippen molar-refractivity contribution in [1.29, 1.82) is 0 Å². The second-order valence-corrected chi connectivity index (χ2v) is 6.13. The number of carbonyl (C=O) groups is 1. The molecule has 20 heavy (non-hydrogen) atoms. The van der Waals surface area contributed by atoms with Crippen LogP contribution in [0, 0.1) is 5.41 Å². The third kappa shape index (κ3) is 2.78. The summed E-state index contributed by atoms with van der Waals surface area (Å²) in [6, 6.07) is 5.52. The van der Waals surface area contributed by atoms with Gasteiger partial charge in [-0.2, -0.15) is 0 Å². The number of hydrogen-bond acceptors (Lipinski definition) is 4. The summed E-state index contributed by atoms with van der Waals surface area (Å²) in [4.78, 5) is 13.4. The van der Waals surface area contributed by atoms with E-state index in [-0.39, 0.29) is 37.1 Å². The molecule has 2 rings (SSSR count). The van der Waals surface area contributed by atoms with Crippen molar-refractivity contribution in [2.45, 2.75) is 26.8 Å². The van der Waals surface area contributed by atoms with Gasteiger partial charge in [0.1, 0.15) is 5.75 Å². The van der Waals surface area contributed by atoms with Crippen molar-refractivity contribution >= 4 is 11.6 Å². The van der Waals surface area contributed by atoms with Gasteiger partial charge in [0.05, 0.1) is 12.3 Å². The Morgan fingerprint density at radius 3 is 2.75 bits per heavy atom. The van der Waals surface area contributed by atoms with Crippen LogP contribution in [0.4, 0.5) is 5.69 Å². The number of hydrogen-bond donors (Lipinski definition) is 2. The highest BCUT2D eigenvalue weighted by molar-refractivity contribution is 5.97. The fourth-order valence-electron chi connectivity index (χ4n) is 2.26. The zero-order valence-corrected chi connectivity index (χ0v) is 12.2. The van der Waals surface area contributed by atoms with E-state index in [1.807, 2.05) is 18.2 Å². The third-order valence-electron chi connectivity index (χ3n) is 3.54. The van der Waals surface area contributed by atoms with Crippen LogP contribution in [0.5, 0.6) is 5.75 Å². The fraction of sp³-hybridized carbons (Fsp3) is 0.533. The lowest BCUT2D eigenvalue weighted by Crippen LogP contribution is -2.40. The van der Waals surface area contributed by atoms with Gasteiger partial charge in [-0.05, 0) is 23.1 Å². The number of nitrogens with two attached hydrogens (primary N) is 1. The van der Waals surface area contributed by atoms with Crippen LogP contribution in [0.2, 0.25) is 0 Å². The molecule has 0 saturated carbocycles. The Hall–Kier alpha value is -1.59. The first-order valence-corrected chi connectivity index (χ1v) is 6.78. The maximum Gasteiger partial charge on any atom is 0.265 e. The summed E-state index contributed by atoms with van der Waals surface area (Å²) in [5.41, 5.74) is 7.84. The van der Waals surface area contributed by atoms with Gasteiger partial charge in [0, 0.05) is 12.6 Å². The minimum Gasteiger partial charge on any atom is -0.482 e. The molecule has 1 amide bonds. The van der Waals surface area contributed by atoms with E-state index in [1.165, 1.54) is 0 Å². The van der Waals surface area contributed by atoms with Crippen molar-refractivity contribution in [3.63, 3.8) is 0 Å². The monoisotopic (exact) mass is 278 g/mol. The molecule has 0 bridgehead atoms. The van der Waals surface area contributed by atoms with Crippen LogP contribution < -0.4 is 15.4 Å². The minimum atomic E-state index is -0.145. The summed E-state index contributed by atoms with van der Waals surface area (Å²) in [5, 5.41) is 9.11. The topological polar surface area (TPSA) is 75.8 Å². The number of carbonyl (C=O) groups excluding carboxylic acids is 1. The molecule has 1 aliphatic heterocycles. The number of aliphatic hydroxyl groups excluding tert-OH is 1. The lowest BCUT2D eigenvalue weighted by molar-refractivity contribution is -0.121. The number of benzene rings is 1. The second kappa shape index (κ2) is 5.42. The Balaban J connectivity index is 2.40. The summed E-state index contributed by atoms with van der Waals surface area (Å²) in [7, 11) is 0. The average Bonchev–Trinajstić information content (AvgIpc) is 2.40. The number of aliphatic hydroxyl groups is 1. The molecular weight excluding hydrogens is 256 g/mol. The summed E-state index contributed by atoms with van der Waals surface area (Å²) in [6.07, 6.45) is 0. The van der Waals surface area contributed by atoms with Gasteiger partial charge < -0.3 is 20.5 Å². The number of ether oxygens (including phenoxy) is 1. The van der Waals surface area contributed by atoms with E-state index >= 15 is 0 Å². The molecule has 1 aliphatic rings. The maximum absolute atomic E-state index is 11.9. The second-order valence-electron chi connectivity index (χ2n) is 6.13. The van der Waals surface area contributed by atoms with Crippen molar-refractivity contribution in [2.24, 2.45) is 11.1 Å². The van der Waals surface area contributed by atoms with Gasteiger partial charge >= 0.3 is 0 Å². The predicted molar refractivity (Wildman–Crippen MR) is 77.8 cm³/mol. The molecule has 110 valence electrons. The van der Waals surface area contributed by atoms with Gasteiger partial charge in [-0.1, -0.05) is 26.8 Å². The van der Waals surface area contributed by atoms with Gasteiger partial charge in [-0.3, -0.25) is 4.79 Å². The van der Waals surface area contributed by atoms with Crippen LogP contribution >= 0.6 is 0 Å². The van der Waals surface area contributed by atoms with Crippen LogP contribution in [-0.2, 0) is 4.79 Å². The highest BCUT2D eigenvalue weighted by atomic mass is 16.5. The molecule has 1 heterocycles. The SMILES string of the molecule is CC(C)(C)C(N)c1ccc2c(c1)N(CCO)C(=O)CO2. The van der Waals surface area contributed by atoms with Gasteiger partial charge in [0.25, 0.3) is 5.91 Å². The van der Waals surface area contributed by atoms with Crippen molar-refractivity contribution < 1.29 is 14.6 Å². The number of nitrogens with zero attached hydrogens (tertiary/aromatic N) is 1. The molecule has 0 spiro atoms. The molecule has 0 saturated heterocycles. The largest absolute Gasteiger partial charge is 0.482 e. The molecule has 3 N–H and O–H groups in total. The van der Waals surface area contributed by atoms with Gasteiger partial charge in [0.15, 0.2) is 6.61 Å². The number of rotatable bonds is 3. The quantitative estimate of drug-likeness (QED) is 0.877. The average molecular weight is 278 g/mol. The Bertz CT molecular complexity index is 508. The highest BCUT2D eigenvalue weighted by Gasteiger charge is 2.28. The van der Waals surface area contributed by atoms with Gasteiger partial charge in [-0.15, -0.1) is 0 Å². The van der Waals surface area contributed by atoms with E-state index in [0.717, 1.165) is 5.56 Å². The van der Waals surface area contributed by atoms with Crippen LogP contribution in [0.3, 0.4) is 0 Å². The zero-order chi connectivity index (χ0) is 14.9. The Morgan fingerprint density at radius 1 is 1.45 bits per heavy atom. The van der Waals surface area contributed by atoms with E-state index < -0.39 is 0 Å². The zero-order valence-electron chi connectivity index (χ0n) is 12.2. The summed E-state index contributed by atoms with van der Waals surface area (Å²) in [5.74, 6) is 0.510. The Kier molecular flexibility index (Phi) is 4.01. The standard InChI is InChI=1S/C15H22N2O3/c1-15(2,3)14(16)10-4-5-12-11(8-10)17(6-7-18)13(19)9-20-12/h4-5,8,14,18H,6-7,9,16H2,1-3H3. The van der Waals surface area contributed by atoms with Crippen LogP contribution in [0.25, 0.3) is 0 Å². The van der Waals surface area contributed by atoms with E-state index in [4.69, 9.17) is 15.6 Å². The first kappa shape index (κ1) is 14.8. The molecule has 0 aromatic heterocycles. The first-order valence-electron chi connectivity index (χ1n) is 6.78. The highest BCUT2D eigenvalue weighted by Crippen LogP contribution is 2.37. The van der Waals surface area contributed by atoms with E-state index in [0.29, 0.717) is 11.4 Å². The molecular formula is C15H22N2O3. The molecule has 5 nitrogen and oxygen atoms in total. The summed E-state index contributed by atoms with van der Waals surface area (Å²) < 4.78 is 5.42. The smallest absolute Gasteiger partial charge is 0.265 e. The van der Waals surface area contributed by atoms with E-state index in [2.05, 4.69) is 20.8 Å². The molecule has 0 aliphatic carbocycles. The molecule has 0 fully saturated rings. The number of anilines is 1. The lowest BCUT2D eigenvalue weighted by Gasteiger charge is -2.32. The number of amides is 1. The summed E-state index contributed by atoms with van der Waals surface area (Å²) in [6.45, 7) is 6.42. The molecule has 5 heteroatoms. The van der Waals surface area contributed by atoms with Crippen molar-refractivity contribution in [2.75, 3.05) is 24.7 Å². The minimum absolute atomic E-state index is 0.0116. The van der Waals surface area contributed by atoms with Gasteiger partial charge in [0.2, 0.25) is 0 Å². The Morgan fingerprint density at radius 2 is 2.15 bits per heavy atom. The fourth-order valence-corrected chi connectivity index (χ4v) is 2.26. The molecule has 0 radical (unpaired) electrons. The maximum atomic E-state index is 11.9. The van der Waals surface area contributed by atoms with E-state index in [1.54, 1.807) is 4.90 Å². The third-order valence-corrected chi connectivity index (χ3v) is 3.54. The lowest BCUT2D eigenvalue weighted by atomic mass is 9.83. The Labute approximate surface area is 119 Å². The molecule has 1 unspecified atom stereocenters. The molecule has 1 atom stereocenters. The van der Waals surface area contributed by atoms with Crippen LogP contribution in [0.15, 0.2) is 18.2 Å². The van der Waals surface area contributed by atoms with Crippen LogP contribution in [-0.4, -0.2) is 30.8 Å². The summed E-state index contributed by atoms with van der Waals surface area (Å²) >= 11 is 0. The van der Waals surface area contributed by atoms with Crippen LogP contribution in [0.1, 0.15) is 32.4 Å². The first-order chi connectivity index (χ1) is 9.34. The van der Waals surface area contributed by atoms with Crippen molar-refractivity contribution in [1.82, 2.24) is 0 Å². The van der Waals surface area contributed by atoms with Gasteiger partial charge in [-0.25, -0.2) is 0 Å². The predicted octanol–water partition coefficient (Wildman–Crippen LogP) is 1.45. The molecule has 1 aromatic carbocycles. The van der Waals surface area contributed by atoms with Crippen molar-refractivity contribution in [3.05, 3.63) is 23.8 Å². The number of β-amino-alcohol motifs (C(OH)–C–C–N with tert-alkyl or cyclic N) is 1. The normalized spacial score (nSPS) is 16.6.